The van der Waals surface area contributed by atoms with Gasteiger partial charge in [0.15, 0.2) is 0 Å². The van der Waals surface area contributed by atoms with Crippen molar-refractivity contribution in [2.45, 2.75) is 64.1 Å². The molecule has 0 aromatic heterocycles. The number of hydrogen-bond acceptors (Lipinski definition) is 4. The fourth-order valence-electron chi connectivity index (χ4n) is 5.37. The largest absolute Gasteiger partial charge is 0.352 e. The quantitative estimate of drug-likeness (QED) is 0.275. The summed E-state index contributed by atoms with van der Waals surface area (Å²) in [6, 6.07) is 20.7. The SMILES string of the molecule is Cc1c(Cl)cccc1N(CC(=O)N(Cc1ccccc1Cl)C(Cc1ccccc1)C(=O)NC1CCCCC1)S(C)(=O)=O. The fraction of sp³-hybridized carbons (Fsp3) is 0.375. The van der Waals surface area contributed by atoms with Crippen molar-refractivity contribution in [1.29, 1.82) is 0 Å². The molecule has 0 bridgehead atoms. The van der Waals surface area contributed by atoms with Gasteiger partial charge < -0.3 is 10.2 Å². The van der Waals surface area contributed by atoms with E-state index < -0.39 is 28.5 Å². The lowest BCUT2D eigenvalue weighted by Crippen LogP contribution is -2.55. The second-order valence-electron chi connectivity index (χ2n) is 10.8. The van der Waals surface area contributed by atoms with E-state index in [0.29, 0.717) is 26.9 Å². The van der Waals surface area contributed by atoms with Gasteiger partial charge in [-0.15, -0.1) is 0 Å². The number of sulfonamides is 1. The van der Waals surface area contributed by atoms with Crippen LogP contribution < -0.4 is 9.62 Å². The molecule has 1 fully saturated rings. The van der Waals surface area contributed by atoms with E-state index in [9.17, 15) is 18.0 Å². The first-order chi connectivity index (χ1) is 20.0. The monoisotopic (exact) mass is 629 g/mol. The molecule has 0 spiro atoms. The maximum absolute atomic E-state index is 14.3. The van der Waals surface area contributed by atoms with Gasteiger partial charge in [0.1, 0.15) is 12.6 Å². The molecule has 0 saturated heterocycles. The number of rotatable bonds is 11. The lowest BCUT2D eigenvalue weighted by molar-refractivity contribution is -0.140. The smallest absolute Gasteiger partial charge is 0.244 e. The summed E-state index contributed by atoms with van der Waals surface area (Å²) in [6.45, 7) is 1.23. The Balaban J connectivity index is 1.75. The van der Waals surface area contributed by atoms with Crippen LogP contribution in [0.25, 0.3) is 0 Å². The van der Waals surface area contributed by atoms with Crippen molar-refractivity contribution in [3.63, 3.8) is 0 Å². The molecule has 10 heteroatoms. The van der Waals surface area contributed by atoms with Gasteiger partial charge in [-0.1, -0.05) is 97.1 Å². The average molecular weight is 631 g/mol. The fourth-order valence-corrected chi connectivity index (χ4v) is 6.63. The summed E-state index contributed by atoms with van der Waals surface area (Å²) in [7, 11) is -3.89. The van der Waals surface area contributed by atoms with Crippen LogP contribution in [-0.4, -0.2) is 50.0 Å². The van der Waals surface area contributed by atoms with E-state index in [1.807, 2.05) is 36.4 Å². The lowest BCUT2D eigenvalue weighted by Gasteiger charge is -2.35. The first kappa shape index (κ1) is 31.9. The molecule has 3 aromatic rings. The minimum Gasteiger partial charge on any atom is -0.352 e. The molecule has 0 heterocycles. The third-order valence-electron chi connectivity index (χ3n) is 7.71. The molecule has 42 heavy (non-hydrogen) atoms. The van der Waals surface area contributed by atoms with Crippen molar-refractivity contribution in [2.24, 2.45) is 0 Å². The van der Waals surface area contributed by atoms with E-state index in [0.717, 1.165) is 48.2 Å². The lowest BCUT2D eigenvalue weighted by atomic mass is 9.94. The number of anilines is 1. The van der Waals surface area contributed by atoms with Crippen molar-refractivity contribution in [3.05, 3.63) is 99.5 Å². The summed E-state index contributed by atoms with van der Waals surface area (Å²) in [6.07, 6.45) is 6.30. The molecule has 4 rings (SSSR count). The van der Waals surface area contributed by atoms with Crippen molar-refractivity contribution in [3.8, 4) is 0 Å². The van der Waals surface area contributed by atoms with Gasteiger partial charge in [-0.05, 0) is 54.7 Å². The standard InChI is InChI=1S/C32H37Cl2N3O4S/c1-23-27(33)18-11-19-29(23)37(42(2,40)41)22-31(38)36(21-25-14-9-10-17-28(25)34)30(20-24-12-5-3-6-13-24)32(39)35-26-15-7-4-8-16-26/h3,5-6,9-14,17-19,26,30H,4,7-8,15-16,20-22H2,1-2H3,(H,35,39). The van der Waals surface area contributed by atoms with Crippen molar-refractivity contribution in [2.75, 3.05) is 17.1 Å². The highest BCUT2D eigenvalue weighted by molar-refractivity contribution is 7.92. The summed E-state index contributed by atoms with van der Waals surface area (Å²) >= 11 is 12.8. The van der Waals surface area contributed by atoms with Gasteiger partial charge in [0.25, 0.3) is 0 Å². The van der Waals surface area contributed by atoms with E-state index in [-0.39, 0.29) is 24.9 Å². The number of nitrogens with zero attached hydrogens (tertiary/aromatic N) is 2. The third-order valence-corrected chi connectivity index (χ3v) is 9.61. The van der Waals surface area contributed by atoms with Crippen LogP contribution in [0.5, 0.6) is 0 Å². The van der Waals surface area contributed by atoms with Crippen molar-refractivity contribution in [1.82, 2.24) is 10.2 Å². The van der Waals surface area contributed by atoms with Gasteiger partial charge in [0.05, 0.1) is 11.9 Å². The average Bonchev–Trinajstić information content (AvgIpc) is 2.96. The molecule has 2 amide bonds. The van der Waals surface area contributed by atoms with Crippen LogP contribution in [0.15, 0.2) is 72.8 Å². The van der Waals surface area contributed by atoms with Crippen LogP contribution in [0.2, 0.25) is 10.0 Å². The summed E-state index contributed by atoms with van der Waals surface area (Å²) in [5, 5.41) is 4.03. The van der Waals surface area contributed by atoms with E-state index in [1.165, 1.54) is 4.90 Å². The zero-order valence-corrected chi connectivity index (χ0v) is 26.3. The predicted molar refractivity (Wildman–Crippen MR) is 169 cm³/mol. The molecule has 1 aliphatic rings. The molecule has 3 aromatic carbocycles. The van der Waals surface area contributed by atoms with Gasteiger partial charge in [-0.25, -0.2) is 8.42 Å². The Kier molecular flexibility index (Phi) is 10.9. The molecular formula is C32H37Cl2N3O4S. The second-order valence-corrected chi connectivity index (χ2v) is 13.5. The Morgan fingerprint density at radius 3 is 2.21 bits per heavy atom. The Bertz CT molecular complexity index is 1490. The number of benzene rings is 3. The summed E-state index contributed by atoms with van der Waals surface area (Å²) in [5.41, 5.74) is 2.37. The van der Waals surface area contributed by atoms with Crippen LogP contribution in [0.3, 0.4) is 0 Å². The molecule has 1 atom stereocenters. The predicted octanol–water partition coefficient (Wildman–Crippen LogP) is 6.16. The highest BCUT2D eigenvalue weighted by Gasteiger charge is 2.34. The topological polar surface area (TPSA) is 86.8 Å². The highest BCUT2D eigenvalue weighted by Crippen LogP contribution is 2.29. The minimum atomic E-state index is -3.89. The number of carbonyl (C=O) groups is 2. The minimum absolute atomic E-state index is 0.0280. The van der Waals surface area contributed by atoms with Gasteiger partial charge in [-0.3, -0.25) is 13.9 Å². The van der Waals surface area contributed by atoms with Gasteiger partial charge >= 0.3 is 0 Å². The van der Waals surface area contributed by atoms with E-state index in [4.69, 9.17) is 23.2 Å². The Hall–Kier alpha value is -3.07. The van der Waals surface area contributed by atoms with Crippen LogP contribution in [-0.2, 0) is 32.6 Å². The Morgan fingerprint density at radius 2 is 1.55 bits per heavy atom. The molecule has 1 N–H and O–H groups in total. The molecule has 0 aliphatic heterocycles. The van der Waals surface area contributed by atoms with Crippen LogP contribution in [0.1, 0.15) is 48.8 Å². The van der Waals surface area contributed by atoms with Crippen LogP contribution in [0.4, 0.5) is 5.69 Å². The molecule has 7 nitrogen and oxygen atoms in total. The van der Waals surface area contributed by atoms with Gasteiger partial charge in [0, 0.05) is 29.1 Å². The molecule has 1 unspecified atom stereocenters. The van der Waals surface area contributed by atoms with Gasteiger partial charge in [-0.2, -0.15) is 0 Å². The number of hydrogen-bond donors (Lipinski definition) is 1. The number of halogens is 2. The molecule has 1 aliphatic carbocycles. The van der Waals surface area contributed by atoms with Gasteiger partial charge in [0.2, 0.25) is 21.8 Å². The molecule has 0 radical (unpaired) electrons. The first-order valence-electron chi connectivity index (χ1n) is 14.1. The van der Waals surface area contributed by atoms with Crippen LogP contribution in [0, 0.1) is 6.92 Å². The summed E-state index contributed by atoms with van der Waals surface area (Å²) < 4.78 is 27.1. The zero-order chi connectivity index (χ0) is 30.3. The maximum atomic E-state index is 14.3. The number of carbonyl (C=O) groups excluding carboxylic acids is 2. The van der Waals surface area contributed by atoms with Crippen molar-refractivity contribution >= 4 is 50.7 Å². The van der Waals surface area contributed by atoms with E-state index >= 15 is 0 Å². The van der Waals surface area contributed by atoms with E-state index in [1.54, 1.807) is 43.3 Å². The zero-order valence-electron chi connectivity index (χ0n) is 23.9. The molecule has 1 saturated carbocycles. The van der Waals surface area contributed by atoms with Crippen molar-refractivity contribution < 1.29 is 18.0 Å². The summed E-state index contributed by atoms with van der Waals surface area (Å²) in [4.78, 5) is 29.7. The Morgan fingerprint density at radius 1 is 0.905 bits per heavy atom. The van der Waals surface area contributed by atoms with Crippen LogP contribution >= 0.6 is 23.2 Å². The summed E-state index contributed by atoms with van der Waals surface area (Å²) in [5.74, 6) is -0.796. The Labute approximate surface area is 258 Å². The molecule has 224 valence electrons. The normalized spacial score (nSPS) is 14.7. The number of nitrogens with one attached hydrogen (secondary N) is 1. The second kappa shape index (κ2) is 14.4. The molecular weight excluding hydrogens is 593 g/mol. The van der Waals surface area contributed by atoms with E-state index in [2.05, 4.69) is 5.32 Å². The first-order valence-corrected chi connectivity index (χ1v) is 16.7. The number of amides is 2. The maximum Gasteiger partial charge on any atom is 0.244 e. The third kappa shape index (κ3) is 8.27. The highest BCUT2D eigenvalue weighted by atomic mass is 35.5.